The molecule has 8 heteroatoms. The van der Waals surface area contributed by atoms with Crippen LogP contribution in [0.2, 0.25) is 0 Å². The highest BCUT2D eigenvalue weighted by Gasteiger charge is 2.19. The quantitative estimate of drug-likeness (QED) is 0.599. The van der Waals surface area contributed by atoms with E-state index in [0.717, 1.165) is 23.4 Å². The maximum atomic E-state index is 13.0. The smallest absolute Gasteiger partial charge is 0.306 e. The van der Waals surface area contributed by atoms with Crippen molar-refractivity contribution in [1.29, 1.82) is 0 Å². The summed E-state index contributed by atoms with van der Waals surface area (Å²) in [4.78, 5) is 11.6. The summed E-state index contributed by atoms with van der Waals surface area (Å²) in [7, 11) is 0. The summed E-state index contributed by atoms with van der Waals surface area (Å²) in [5.41, 5.74) is 3.66. The predicted octanol–water partition coefficient (Wildman–Crippen LogP) is 3.14. The number of rotatable bonds is 3. The van der Waals surface area contributed by atoms with Crippen LogP contribution in [-0.2, 0) is 5.41 Å². The van der Waals surface area contributed by atoms with Gasteiger partial charge in [-0.25, -0.2) is 19.0 Å². The van der Waals surface area contributed by atoms with Gasteiger partial charge in [-0.2, -0.15) is 10.2 Å². The minimum atomic E-state index is -0.781. The standard InChI is InChI=1S/C15H17F2N5O/c1-15(2,3)13-9(7-18-21-13)8-19-22-14(23)20-12-5-10(16)4-11(17)6-12/h4-8H,1-3H3,(H,18,21)(H2,20,22,23)/b19-8+. The second-order valence-corrected chi connectivity index (χ2v) is 5.93. The Hall–Kier alpha value is -2.77. The molecule has 0 fully saturated rings. The summed E-state index contributed by atoms with van der Waals surface area (Å²) >= 11 is 0. The molecule has 6 nitrogen and oxygen atoms in total. The van der Waals surface area contributed by atoms with Gasteiger partial charge in [0.15, 0.2) is 0 Å². The number of hydrogen-bond donors (Lipinski definition) is 3. The number of carbonyl (C=O) groups excluding carboxylic acids is 1. The van der Waals surface area contributed by atoms with Crippen molar-refractivity contribution in [3.63, 3.8) is 0 Å². The van der Waals surface area contributed by atoms with E-state index in [-0.39, 0.29) is 11.1 Å². The molecule has 2 amide bonds. The molecule has 3 N–H and O–H groups in total. The van der Waals surface area contributed by atoms with Gasteiger partial charge in [-0.15, -0.1) is 0 Å². The van der Waals surface area contributed by atoms with Crippen LogP contribution in [0.25, 0.3) is 0 Å². The summed E-state index contributed by atoms with van der Waals surface area (Å²) in [5.74, 6) is -1.56. The van der Waals surface area contributed by atoms with Gasteiger partial charge in [-0.05, 0) is 12.1 Å². The van der Waals surface area contributed by atoms with Crippen molar-refractivity contribution in [2.45, 2.75) is 26.2 Å². The topological polar surface area (TPSA) is 82.2 Å². The lowest BCUT2D eigenvalue weighted by Crippen LogP contribution is -2.24. The molecule has 1 aromatic carbocycles. The first-order chi connectivity index (χ1) is 10.8. The molecular weight excluding hydrogens is 304 g/mol. The van der Waals surface area contributed by atoms with Crippen molar-refractivity contribution in [3.8, 4) is 0 Å². The molecule has 0 aliphatic heterocycles. The molecule has 0 saturated heterocycles. The minimum Gasteiger partial charge on any atom is -0.306 e. The lowest BCUT2D eigenvalue weighted by Gasteiger charge is -2.16. The van der Waals surface area contributed by atoms with E-state index in [9.17, 15) is 13.6 Å². The zero-order valence-corrected chi connectivity index (χ0v) is 12.9. The van der Waals surface area contributed by atoms with Gasteiger partial charge in [-0.3, -0.25) is 5.10 Å². The fraction of sp³-hybridized carbons (Fsp3) is 0.267. The molecule has 0 aliphatic carbocycles. The van der Waals surface area contributed by atoms with E-state index < -0.39 is 17.7 Å². The molecule has 2 rings (SSSR count). The number of H-pyrrole nitrogens is 1. The predicted molar refractivity (Wildman–Crippen MR) is 83.4 cm³/mol. The lowest BCUT2D eigenvalue weighted by atomic mass is 9.90. The third-order valence-electron chi connectivity index (χ3n) is 2.91. The summed E-state index contributed by atoms with van der Waals surface area (Å²) < 4.78 is 26.0. The molecule has 0 unspecified atom stereocenters. The molecule has 0 atom stereocenters. The maximum absolute atomic E-state index is 13.0. The number of hydrazone groups is 1. The molecule has 1 aromatic heterocycles. The molecule has 1 heterocycles. The highest BCUT2D eigenvalue weighted by molar-refractivity contribution is 5.90. The Balaban J connectivity index is 1.98. The first kappa shape index (κ1) is 16.6. The summed E-state index contributed by atoms with van der Waals surface area (Å²) in [6.45, 7) is 6.03. The van der Waals surface area contributed by atoms with E-state index in [1.165, 1.54) is 6.21 Å². The van der Waals surface area contributed by atoms with Crippen LogP contribution < -0.4 is 10.7 Å². The average Bonchev–Trinajstić information content (AvgIpc) is 2.85. The number of amides is 2. The molecular formula is C15H17F2N5O. The zero-order valence-electron chi connectivity index (χ0n) is 12.9. The van der Waals surface area contributed by atoms with Crippen molar-refractivity contribution < 1.29 is 13.6 Å². The van der Waals surface area contributed by atoms with Crippen LogP contribution in [0.5, 0.6) is 0 Å². The van der Waals surface area contributed by atoms with Gasteiger partial charge in [0.1, 0.15) is 11.6 Å². The number of nitrogens with zero attached hydrogens (tertiary/aromatic N) is 2. The molecule has 0 spiro atoms. The van der Waals surface area contributed by atoms with Gasteiger partial charge < -0.3 is 5.32 Å². The van der Waals surface area contributed by atoms with Gasteiger partial charge in [0.05, 0.1) is 12.4 Å². The van der Waals surface area contributed by atoms with Crippen molar-refractivity contribution in [1.82, 2.24) is 15.6 Å². The number of anilines is 1. The third-order valence-corrected chi connectivity index (χ3v) is 2.91. The van der Waals surface area contributed by atoms with E-state index in [4.69, 9.17) is 0 Å². The number of benzene rings is 1. The Kier molecular flexibility index (Phi) is 4.73. The maximum Gasteiger partial charge on any atom is 0.339 e. The van der Waals surface area contributed by atoms with Crippen LogP contribution >= 0.6 is 0 Å². The Labute approximate surface area is 132 Å². The molecule has 122 valence electrons. The second-order valence-electron chi connectivity index (χ2n) is 5.93. The summed E-state index contributed by atoms with van der Waals surface area (Å²) in [6, 6.07) is 2.00. The molecule has 0 aliphatic rings. The van der Waals surface area contributed by atoms with E-state index in [0.29, 0.717) is 6.07 Å². The van der Waals surface area contributed by atoms with Crippen molar-refractivity contribution in [2.75, 3.05) is 5.32 Å². The van der Waals surface area contributed by atoms with Crippen LogP contribution in [0.15, 0.2) is 29.5 Å². The van der Waals surface area contributed by atoms with Gasteiger partial charge >= 0.3 is 6.03 Å². The van der Waals surface area contributed by atoms with E-state index in [2.05, 4.69) is 26.0 Å². The highest BCUT2D eigenvalue weighted by atomic mass is 19.1. The van der Waals surface area contributed by atoms with Gasteiger partial charge in [0, 0.05) is 28.4 Å². The van der Waals surface area contributed by atoms with Crippen LogP contribution in [0.3, 0.4) is 0 Å². The third kappa shape index (κ3) is 4.60. The van der Waals surface area contributed by atoms with E-state index in [1.807, 2.05) is 20.8 Å². The van der Waals surface area contributed by atoms with Crippen LogP contribution in [0.4, 0.5) is 19.3 Å². The first-order valence-electron chi connectivity index (χ1n) is 6.86. The molecule has 2 aromatic rings. The fourth-order valence-corrected chi connectivity index (χ4v) is 1.94. The van der Waals surface area contributed by atoms with Crippen LogP contribution in [0.1, 0.15) is 32.0 Å². The SMILES string of the molecule is CC(C)(C)c1[nH]ncc1/C=N/NC(=O)Nc1cc(F)cc(F)c1. The van der Waals surface area contributed by atoms with Crippen molar-refractivity contribution >= 4 is 17.9 Å². The Morgan fingerprint density at radius 2 is 1.91 bits per heavy atom. The minimum absolute atomic E-state index is 0.00566. The van der Waals surface area contributed by atoms with Crippen molar-refractivity contribution in [3.05, 3.63) is 47.3 Å². The number of aromatic amines is 1. The summed E-state index contributed by atoms with van der Waals surface area (Å²) in [6.07, 6.45) is 3.03. The number of nitrogens with one attached hydrogen (secondary N) is 3. The second kappa shape index (κ2) is 6.55. The van der Waals surface area contributed by atoms with E-state index in [1.54, 1.807) is 6.20 Å². The summed E-state index contributed by atoms with van der Waals surface area (Å²) in [5, 5.41) is 12.9. The fourth-order valence-electron chi connectivity index (χ4n) is 1.94. The molecule has 0 saturated carbocycles. The van der Waals surface area contributed by atoms with Gasteiger partial charge in [0.2, 0.25) is 0 Å². The first-order valence-corrected chi connectivity index (χ1v) is 6.86. The van der Waals surface area contributed by atoms with Gasteiger partial charge in [-0.1, -0.05) is 20.8 Å². The monoisotopic (exact) mass is 321 g/mol. The lowest BCUT2D eigenvalue weighted by molar-refractivity contribution is 0.252. The molecule has 0 radical (unpaired) electrons. The Morgan fingerprint density at radius 3 is 2.52 bits per heavy atom. The highest BCUT2D eigenvalue weighted by Crippen LogP contribution is 2.22. The Morgan fingerprint density at radius 1 is 1.26 bits per heavy atom. The zero-order chi connectivity index (χ0) is 17.0. The van der Waals surface area contributed by atoms with Crippen LogP contribution in [0, 0.1) is 11.6 Å². The van der Waals surface area contributed by atoms with E-state index >= 15 is 0 Å². The molecule has 0 bridgehead atoms. The molecule has 23 heavy (non-hydrogen) atoms. The average molecular weight is 321 g/mol. The van der Waals surface area contributed by atoms with Crippen LogP contribution in [-0.4, -0.2) is 22.4 Å². The Bertz CT molecular complexity index is 713. The number of halogens is 2. The van der Waals surface area contributed by atoms with Crippen molar-refractivity contribution in [2.24, 2.45) is 5.10 Å². The number of aromatic nitrogens is 2. The number of carbonyl (C=O) groups is 1. The largest absolute Gasteiger partial charge is 0.339 e. The normalized spacial score (nSPS) is 11.7. The van der Waals surface area contributed by atoms with Gasteiger partial charge in [0.25, 0.3) is 0 Å². The number of hydrogen-bond acceptors (Lipinski definition) is 3. The number of urea groups is 1.